The molecule has 2 aromatic carbocycles. The SMILES string of the molecule is Cn1cc(OCc2ccccc2)c(=O)cc1C(=O)Nc1ccc(Cl)cc1. The Kier molecular flexibility index (Phi) is 5.39. The van der Waals surface area contributed by atoms with Gasteiger partial charge in [0.15, 0.2) is 5.75 Å². The Labute approximate surface area is 155 Å². The predicted octanol–water partition coefficient (Wildman–Crippen LogP) is 3.87. The number of pyridine rings is 1. The largest absolute Gasteiger partial charge is 0.483 e. The maximum atomic E-state index is 12.4. The van der Waals surface area contributed by atoms with Crippen molar-refractivity contribution in [3.63, 3.8) is 0 Å². The number of aryl methyl sites for hydroxylation is 1. The zero-order valence-corrected chi connectivity index (χ0v) is 14.9. The van der Waals surface area contributed by atoms with Crippen LogP contribution in [0.3, 0.4) is 0 Å². The van der Waals surface area contributed by atoms with Crippen molar-refractivity contribution in [1.29, 1.82) is 0 Å². The monoisotopic (exact) mass is 368 g/mol. The summed E-state index contributed by atoms with van der Waals surface area (Å²) in [6, 6.07) is 17.6. The molecule has 0 aliphatic carbocycles. The normalized spacial score (nSPS) is 10.4. The van der Waals surface area contributed by atoms with Crippen LogP contribution in [0.4, 0.5) is 5.69 Å². The van der Waals surface area contributed by atoms with Gasteiger partial charge in [0.1, 0.15) is 12.3 Å². The molecule has 26 heavy (non-hydrogen) atoms. The molecule has 0 bridgehead atoms. The highest BCUT2D eigenvalue weighted by Crippen LogP contribution is 2.15. The first-order valence-electron chi connectivity index (χ1n) is 7.97. The number of rotatable bonds is 5. The fourth-order valence-electron chi connectivity index (χ4n) is 2.40. The lowest BCUT2D eigenvalue weighted by atomic mass is 10.2. The summed E-state index contributed by atoms with van der Waals surface area (Å²) in [5, 5.41) is 3.31. The lowest BCUT2D eigenvalue weighted by Crippen LogP contribution is -2.21. The number of nitrogens with zero attached hydrogens (tertiary/aromatic N) is 1. The molecule has 0 saturated heterocycles. The van der Waals surface area contributed by atoms with Gasteiger partial charge in [0, 0.05) is 23.8 Å². The van der Waals surface area contributed by atoms with Crippen LogP contribution in [0.2, 0.25) is 5.02 Å². The van der Waals surface area contributed by atoms with Gasteiger partial charge >= 0.3 is 0 Å². The second-order valence-corrected chi connectivity index (χ2v) is 6.17. The molecule has 0 aliphatic heterocycles. The first-order chi connectivity index (χ1) is 12.5. The van der Waals surface area contributed by atoms with Gasteiger partial charge in [-0.25, -0.2) is 0 Å². The molecule has 1 amide bonds. The van der Waals surface area contributed by atoms with E-state index in [9.17, 15) is 9.59 Å². The van der Waals surface area contributed by atoms with Crippen LogP contribution in [0, 0.1) is 0 Å². The van der Waals surface area contributed by atoms with Crippen molar-refractivity contribution >= 4 is 23.2 Å². The van der Waals surface area contributed by atoms with Crippen molar-refractivity contribution in [2.75, 3.05) is 5.32 Å². The van der Waals surface area contributed by atoms with Crippen molar-refractivity contribution in [3.8, 4) is 5.75 Å². The van der Waals surface area contributed by atoms with E-state index in [1.54, 1.807) is 35.9 Å². The Morgan fingerprint density at radius 3 is 2.50 bits per heavy atom. The number of anilines is 1. The number of halogens is 1. The Balaban J connectivity index is 1.75. The van der Waals surface area contributed by atoms with E-state index >= 15 is 0 Å². The fraction of sp³-hybridized carbons (Fsp3) is 0.100. The molecule has 0 radical (unpaired) electrons. The minimum atomic E-state index is -0.387. The van der Waals surface area contributed by atoms with Crippen LogP contribution in [-0.2, 0) is 13.7 Å². The van der Waals surface area contributed by atoms with E-state index in [-0.39, 0.29) is 29.4 Å². The van der Waals surface area contributed by atoms with Crippen molar-refractivity contribution in [2.24, 2.45) is 7.05 Å². The van der Waals surface area contributed by atoms with Crippen molar-refractivity contribution in [1.82, 2.24) is 4.57 Å². The number of hydrogen-bond acceptors (Lipinski definition) is 3. The lowest BCUT2D eigenvalue weighted by molar-refractivity contribution is 0.101. The summed E-state index contributed by atoms with van der Waals surface area (Å²) in [6.07, 6.45) is 1.52. The van der Waals surface area contributed by atoms with Crippen LogP contribution >= 0.6 is 11.6 Å². The van der Waals surface area contributed by atoms with Crippen LogP contribution in [0.15, 0.2) is 71.7 Å². The van der Waals surface area contributed by atoms with Crippen LogP contribution < -0.4 is 15.5 Å². The van der Waals surface area contributed by atoms with Crippen molar-refractivity contribution < 1.29 is 9.53 Å². The maximum Gasteiger partial charge on any atom is 0.272 e. The smallest absolute Gasteiger partial charge is 0.272 e. The molecule has 0 aliphatic rings. The van der Waals surface area contributed by atoms with Gasteiger partial charge in [-0.1, -0.05) is 41.9 Å². The third kappa shape index (κ3) is 4.32. The minimum absolute atomic E-state index is 0.194. The van der Waals surface area contributed by atoms with Crippen LogP contribution in [0.25, 0.3) is 0 Å². The zero-order chi connectivity index (χ0) is 18.5. The minimum Gasteiger partial charge on any atom is -0.483 e. The highest BCUT2D eigenvalue weighted by atomic mass is 35.5. The van der Waals surface area contributed by atoms with Crippen LogP contribution in [0.1, 0.15) is 16.1 Å². The topological polar surface area (TPSA) is 60.3 Å². The second kappa shape index (κ2) is 7.89. The molecule has 1 heterocycles. The summed E-state index contributed by atoms with van der Waals surface area (Å²) >= 11 is 5.83. The third-order valence-electron chi connectivity index (χ3n) is 3.77. The third-order valence-corrected chi connectivity index (χ3v) is 4.03. The molecular weight excluding hydrogens is 352 g/mol. The molecule has 0 fully saturated rings. The molecule has 3 aromatic rings. The molecule has 1 N–H and O–H groups in total. The Morgan fingerprint density at radius 2 is 1.81 bits per heavy atom. The summed E-state index contributed by atoms with van der Waals surface area (Å²) in [4.78, 5) is 24.7. The number of nitrogens with one attached hydrogen (secondary N) is 1. The zero-order valence-electron chi connectivity index (χ0n) is 14.1. The highest BCUT2D eigenvalue weighted by Gasteiger charge is 2.13. The number of carbonyl (C=O) groups is 1. The summed E-state index contributed by atoms with van der Waals surface area (Å²) < 4.78 is 7.15. The average molecular weight is 369 g/mol. The first-order valence-corrected chi connectivity index (χ1v) is 8.35. The molecule has 5 nitrogen and oxygen atoms in total. The van der Waals surface area contributed by atoms with E-state index in [2.05, 4.69) is 5.32 Å². The summed E-state index contributed by atoms with van der Waals surface area (Å²) in [6.45, 7) is 0.284. The summed E-state index contributed by atoms with van der Waals surface area (Å²) in [5.74, 6) is -0.194. The average Bonchev–Trinajstić information content (AvgIpc) is 2.64. The van der Waals surface area contributed by atoms with Crippen molar-refractivity contribution in [3.05, 3.63) is 93.4 Å². The predicted molar refractivity (Wildman–Crippen MR) is 102 cm³/mol. The summed E-state index contributed by atoms with van der Waals surface area (Å²) in [5.41, 5.74) is 1.44. The molecule has 6 heteroatoms. The number of carbonyl (C=O) groups excluding carboxylic acids is 1. The molecule has 132 valence electrons. The number of benzene rings is 2. The van der Waals surface area contributed by atoms with Crippen LogP contribution in [-0.4, -0.2) is 10.5 Å². The quantitative estimate of drug-likeness (QED) is 0.743. The van der Waals surface area contributed by atoms with E-state index in [0.29, 0.717) is 10.7 Å². The van der Waals surface area contributed by atoms with E-state index in [1.807, 2.05) is 30.3 Å². The van der Waals surface area contributed by atoms with Crippen molar-refractivity contribution in [2.45, 2.75) is 6.61 Å². The second-order valence-electron chi connectivity index (χ2n) is 5.73. The molecule has 0 atom stereocenters. The van der Waals surface area contributed by atoms with Gasteiger partial charge < -0.3 is 14.6 Å². The fourth-order valence-corrected chi connectivity index (χ4v) is 2.53. The van der Waals surface area contributed by atoms with Gasteiger partial charge in [0.2, 0.25) is 5.43 Å². The Morgan fingerprint density at radius 1 is 1.12 bits per heavy atom. The molecular formula is C20H17ClN2O3. The van der Waals surface area contributed by atoms with Gasteiger partial charge in [-0.05, 0) is 29.8 Å². The van der Waals surface area contributed by atoms with Crippen LogP contribution in [0.5, 0.6) is 5.75 Å². The number of amides is 1. The molecule has 0 unspecified atom stereocenters. The Bertz CT molecular complexity index is 967. The molecule has 0 saturated carbocycles. The number of aromatic nitrogens is 1. The van der Waals surface area contributed by atoms with Gasteiger partial charge in [-0.3, -0.25) is 9.59 Å². The first kappa shape index (κ1) is 17.8. The van der Waals surface area contributed by atoms with E-state index in [0.717, 1.165) is 5.56 Å². The number of ether oxygens (including phenoxy) is 1. The van der Waals surface area contributed by atoms with E-state index in [1.165, 1.54) is 12.3 Å². The number of hydrogen-bond donors (Lipinski definition) is 1. The Hall–Kier alpha value is -3.05. The molecule has 3 rings (SSSR count). The highest BCUT2D eigenvalue weighted by molar-refractivity contribution is 6.30. The van der Waals surface area contributed by atoms with Gasteiger partial charge in [0.05, 0.1) is 6.20 Å². The molecule has 0 spiro atoms. The van der Waals surface area contributed by atoms with Gasteiger partial charge in [-0.15, -0.1) is 0 Å². The summed E-state index contributed by atoms with van der Waals surface area (Å²) in [7, 11) is 1.69. The van der Waals surface area contributed by atoms with E-state index in [4.69, 9.17) is 16.3 Å². The lowest BCUT2D eigenvalue weighted by Gasteiger charge is -2.12. The molecule has 1 aromatic heterocycles. The van der Waals surface area contributed by atoms with Gasteiger partial charge in [-0.2, -0.15) is 0 Å². The standard InChI is InChI=1S/C20H17ClN2O3/c1-23-12-19(26-13-14-5-3-2-4-6-14)18(24)11-17(23)20(25)22-16-9-7-15(21)8-10-16/h2-12H,13H2,1H3,(H,22,25). The van der Waals surface area contributed by atoms with E-state index < -0.39 is 0 Å². The van der Waals surface area contributed by atoms with Gasteiger partial charge in [0.25, 0.3) is 5.91 Å². The maximum absolute atomic E-state index is 12.4.